The van der Waals surface area contributed by atoms with E-state index in [1.807, 2.05) is 84.9 Å². The van der Waals surface area contributed by atoms with E-state index in [1.165, 1.54) is 51.5 Å². The molecule has 6 aliphatic heterocycles. The summed E-state index contributed by atoms with van der Waals surface area (Å²) in [6, 6.07) is 5.21. The third kappa shape index (κ3) is 49.4. The predicted molar refractivity (Wildman–Crippen MR) is 511 cm³/mol. The number of allylic oxidation sites excluding steroid dienone is 2. The summed E-state index contributed by atoms with van der Waals surface area (Å²) in [4.78, 5) is 168. The quantitative estimate of drug-likeness (QED) is 0.133. The van der Waals surface area contributed by atoms with E-state index >= 15 is 0 Å². The van der Waals surface area contributed by atoms with E-state index in [0.29, 0.717) is 51.7 Å². The van der Waals surface area contributed by atoms with Gasteiger partial charge in [-0.2, -0.15) is 27.6 Å². The molecule has 0 fully saturated rings. The number of amidine groups is 1. The number of hydrazine groups is 1. The van der Waals surface area contributed by atoms with E-state index in [-0.39, 0.29) is 324 Å². The molecule has 5 N–H and O–H groups in total. The average Bonchev–Trinajstić information content (AvgIpc) is 1.65. The van der Waals surface area contributed by atoms with Crippen molar-refractivity contribution in [1.29, 1.82) is 0 Å². The summed E-state index contributed by atoms with van der Waals surface area (Å²) in [7, 11) is 22.3. The monoisotopic (exact) mass is 2450 g/mol. The molecule has 140 heavy (non-hydrogen) atoms. The number of imidazole rings is 2. The second-order valence-corrected chi connectivity index (χ2v) is 27.7. The SMILES string of the molecule is C.C.C.C.C.C=C1CC(=O)N(C)C=C1C.C=C1N=CN(C)C(=O)N1.C=C1NC(=O)N(C)N=C1C.C=C1NC(C)=Nc2c1ncn2C.C=c1nc(C)nc2c1=NNN2C.CN1CC[C-]=NC1=O.Cc1[c-]cc(=O)n(C)c1.Cc1[c-]nc(=O)n(C)c1.Cc1[c-]nc(=O)n(C)n1.Cc1cn(C)c(=O)[nH]c1=O.Cc1n[c-]c2ncn(C)c2n1.Cc1n[c-]c2nnn(C)c2n1.Cn1cc[c-]nc1=O.[Y].[Y].[Y].[Y].[Y].[Y].[Y]. The smallest absolute Gasteiger partial charge is 0.342 e. The van der Waals surface area contributed by atoms with Crippen LogP contribution in [0.15, 0.2) is 159 Å². The molecular formula is C86H120N37O10Y7-7. The molecule has 47 nitrogen and oxygen atoms in total. The Kier molecular flexibility index (Phi) is 75.8. The van der Waals surface area contributed by atoms with Gasteiger partial charge in [0.2, 0.25) is 23.0 Å². The van der Waals surface area contributed by atoms with Crippen molar-refractivity contribution in [3.05, 3.63) is 261 Å². The first-order valence-electron chi connectivity index (χ1n) is 37.8. The van der Waals surface area contributed by atoms with Crippen LogP contribution in [0.5, 0.6) is 0 Å². The molecular weight excluding hydrogens is 2330 g/mol. The van der Waals surface area contributed by atoms with Crippen molar-refractivity contribution >= 4 is 94.3 Å². The number of urea groups is 3. The number of amides is 7. The van der Waals surface area contributed by atoms with Gasteiger partial charge in [0.05, 0.1) is 47.2 Å². The summed E-state index contributed by atoms with van der Waals surface area (Å²) in [5.74, 6) is 5.14. The van der Waals surface area contributed by atoms with Crippen molar-refractivity contribution < 1.29 is 248 Å². The van der Waals surface area contributed by atoms with Gasteiger partial charge in [-0.15, -0.1) is 29.5 Å². The number of carbonyl (C=O) groups is 4. The largest absolute Gasteiger partial charge is 0.424 e. The fourth-order valence-corrected chi connectivity index (χ4v) is 9.50. The zero-order chi connectivity index (χ0) is 95.7. The second kappa shape index (κ2) is 72.4. The van der Waals surface area contributed by atoms with Crippen molar-refractivity contribution in [2.75, 3.05) is 46.8 Å². The van der Waals surface area contributed by atoms with Crippen LogP contribution in [0.2, 0.25) is 0 Å². The molecule has 54 heteroatoms. The van der Waals surface area contributed by atoms with E-state index in [9.17, 15) is 47.9 Å². The van der Waals surface area contributed by atoms with Crippen LogP contribution in [0.1, 0.15) is 116 Å². The Bertz CT molecular complexity index is 6300. The molecule has 11 aromatic heterocycles. The fourth-order valence-electron chi connectivity index (χ4n) is 9.50. The van der Waals surface area contributed by atoms with Crippen molar-refractivity contribution in [2.24, 2.45) is 81.6 Å². The molecule has 7 amide bonds. The van der Waals surface area contributed by atoms with E-state index in [2.05, 4.69) is 198 Å². The van der Waals surface area contributed by atoms with E-state index < -0.39 is 0 Å². The molecule has 0 aliphatic carbocycles. The van der Waals surface area contributed by atoms with Gasteiger partial charge in [-0.05, 0) is 106 Å². The second-order valence-electron chi connectivity index (χ2n) is 27.7. The van der Waals surface area contributed by atoms with Crippen molar-refractivity contribution in [3.8, 4) is 0 Å². The number of aliphatic imine (C=N–C) groups is 3. The molecule has 17 rings (SSSR count). The van der Waals surface area contributed by atoms with E-state index in [1.54, 1.807) is 148 Å². The third-order valence-electron chi connectivity index (χ3n) is 16.6. The first-order chi connectivity index (χ1) is 60.1. The van der Waals surface area contributed by atoms with Crippen LogP contribution in [-0.4, -0.2) is 222 Å². The van der Waals surface area contributed by atoms with Crippen LogP contribution in [0.25, 0.3) is 34.6 Å². The molecule has 0 saturated carbocycles. The number of aromatic nitrogens is 23. The molecule has 0 bridgehead atoms. The molecule has 737 valence electrons. The van der Waals surface area contributed by atoms with Crippen molar-refractivity contribution in [3.63, 3.8) is 0 Å². The number of rotatable bonds is 0. The number of carbonyl (C=O) groups excluding carboxylic acids is 4. The number of hydrogen-bond acceptors (Lipinski definition) is 31. The zero-order valence-electron chi connectivity index (χ0n) is 79.4. The number of aryl methyl sites for hydroxylation is 15. The number of pyridine rings is 1. The molecule has 0 unspecified atom stereocenters. The van der Waals surface area contributed by atoms with Gasteiger partial charge in [0, 0.05) is 339 Å². The molecule has 11 aromatic rings. The summed E-state index contributed by atoms with van der Waals surface area (Å²) >= 11 is 0. The van der Waals surface area contributed by atoms with Gasteiger partial charge in [0.1, 0.15) is 35.1 Å². The fraction of sp³-hybridized carbons (Fsp3) is 0.360. The molecule has 17 heterocycles. The third-order valence-corrected chi connectivity index (χ3v) is 16.6. The minimum Gasteiger partial charge on any atom is -0.424 e. The number of H-pyrrole nitrogens is 1. The van der Waals surface area contributed by atoms with Crippen LogP contribution in [0.3, 0.4) is 0 Å². The Morgan fingerprint density at radius 1 is 0.529 bits per heavy atom. The summed E-state index contributed by atoms with van der Waals surface area (Å²) in [5.41, 5.74) is 12.1. The van der Waals surface area contributed by atoms with Gasteiger partial charge in [0.25, 0.3) is 5.56 Å². The summed E-state index contributed by atoms with van der Waals surface area (Å²) < 4.78 is 12.2. The molecule has 0 spiro atoms. The Labute approximate surface area is 991 Å². The number of aromatic amines is 1. The molecule has 6 aliphatic rings. The van der Waals surface area contributed by atoms with E-state index in [0.717, 1.165) is 97.8 Å². The minimum atomic E-state index is -0.379. The van der Waals surface area contributed by atoms with Gasteiger partial charge < -0.3 is 112 Å². The van der Waals surface area contributed by atoms with Crippen molar-refractivity contribution in [1.82, 2.24) is 153 Å². The summed E-state index contributed by atoms with van der Waals surface area (Å²) in [5, 5.41) is 31.6. The van der Waals surface area contributed by atoms with Crippen LogP contribution in [0.4, 0.5) is 26.0 Å². The number of hydrogen-bond donors (Lipinski definition) is 5. The number of anilines is 1. The van der Waals surface area contributed by atoms with Gasteiger partial charge in [-0.25, -0.2) is 55.0 Å². The maximum atomic E-state index is 11.0. The Morgan fingerprint density at radius 3 is 1.62 bits per heavy atom. The van der Waals surface area contributed by atoms with Crippen molar-refractivity contribution in [2.45, 2.75) is 119 Å². The first-order valence-corrected chi connectivity index (χ1v) is 37.8. The first kappa shape index (κ1) is 147. The van der Waals surface area contributed by atoms with E-state index in [4.69, 9.17) is 0 Å². The number of nitrogens with one attached hydrogen (secondary N) is 5. The molecule has 0 atom stereocenters. The predicted octanol–water partition coefficient (Wildman–Crippen LogP) is 4.23. The molecule has 0 saturated heterocycles. The Hall–Kier alpha value is -8.82. The van der Waals surface area contributed by atoms with Gasteiger partial charge in [0.15, 0.2) is 23.0 Å². The maximum absolute atomic E-state index is 11.0. The zero-order valence-corrected chi connectivity index (χ0v) is 99.2. The Morgan fingerprint density at radius 2 is 1.11 bits per heavy atom. The number of nitrogens with zero attached hydrogens (tertiary/aromatic N) is 32. The van der Waals surface area contributed by atoms with Crippen LogP contribution >= 0.6 is 0 Å². The van der Waals surface area contributed by atoms with Crippen LogP contribution in [-0.2, 0) is 290 Å². The van der Waals surface area contributed by atoms with Crippen LogP contribution in [0, 0.1) is 85.5 Å². The molecule has 0 aromatic carbocycles. The summed E-state index contributed by atoms with van der Waals surface area (Å²) in [6.07, 6.45) is 30.0. The van der Waals surface area contributed by atoms with Crippen LogP contribution < -0.4 is 71.1 Å². The summed E-state index contributed by atoms with van der Waals surface area (Å²) in [6.45, 7) is 37.4. The number of hydrazone groups is 1. The maximum Gasteiger partial charge on any atom is 0.342 e. The normalized spacial score (nSPS) is 12.2. The molecule has 7 radical (unpaired) electrons. The topological polar surface area (TPSA) is 533 Å². The standard InChI is InChI=1S/C8H10N4.C8H11NO.C7H9N5.C7H7N4.C7H8NO.C6H6N5.C6H9N3O.C6H8N2O2.C6H7N2O.C5H7N3O.C5H6N3O.C5H7N2O.C5H5N2O.5CH4.7Y/c1-5-7-8(11-6(2)10-5)12(3)4-9-7;1-6-4-8(10)9(3)5-7(6)2;1-4-6-7(9-5(2)8-4)12(3)11-10-6;1-5-8-3-6-7(10-5)11(2)4-9-6;1-6-3-4-7(9)8(2)5-6;1-4-7-3-5-6(8-4)11(2)10-9-5;1-4-5(2)8-9(3)6(10)7-4;1-4-3-8(2)6(10)7-5(4)9;1-5-3-7-6(9)8(2)4-5;1-4-6-3-8(2)5(9)7-4;1-4-3-6-5(9)8(2)7-4;2*1-7-4-2-3-6-5(7)8;;;;;;;;;;;;/h4H,1H2,2-3H3,(H,10,11);5H,1,4H2,2-3H3;11H,1H2,2-3H3;4H,1-2H3;4-5H,1-2H3;1-2H3;1H2,2-3H3,(H,7,10);3H,1-2H3,(H,7,9,10);4H,1-2H3;3H,1H2,2H3,(H,7,9);1-2H3;2,4H2,1H3;2,4H,1H3;5*1H4;;;;;;;/q;;;3*-1;;;-1;;3*-1;;;;;;;;;;;;. The van der Waals surface area contributed by atoms with Gasteiger partial charge in [-0.3, -0.25) is 44.1 Å². The van der Waals surface area contributed by atoms with Gasteiger partial charge >= 0.3 is 17.8 Å². The minimum absolute atomic E-state index is 0. The average molecular weight is 2450 g/mol. The number of fused-ring (bicyclic) bond motifs is 4. The van der Waals surface area contributed by atoms with Gasteiger partial charge in [-0.1, -0.05) is 140 Å². The Balaban J connectivity index is -0.000000224.